The fourth-order valence-corrected chi connectivity index (χ4v) is 2.46. The predicted octanol–water partition coefficient (Wildman–Crippen LogP) is 4.34. The molecule has 0 spiro atoms. The zero-order valence-corrected chi connectivity index (χ0v) is 14.2. The van der Waals surface area contributed by atoms with Gasteiger partial charge < -0.3 is 10.1 Å². The normalized spacial score (nSPS) is 9.81. The van der Waals surface area contributed by atoms with E-state index in [0.717, 1.165) is 8.95 Å². The summed E-state index contributed by atoms with van der Waals surface area (Å²) in [7, 11) is 1.50. The van der Waals surface area contributed by atoms with Crippen LogP contribution in [0.15, 0.2) is 45.3 Å². The first kappa shape index (κ1) is 15.5. The van der Waals surface area contributed by atoms with E-state index in [9.17, 15) is 4.79 Å². The smallest absolute Gasteiger partial charge is 0.259 e. The van der Waals surface area contributed by atoms with Gasteiger partial charge in [0.1, 0.15) is 11.8 Å². The van der Waals surface area contributed by atoms with Crippen LogP contribution in [0, 0.1) is 11.3 Å². The summed E-state index contributed by atoms with van der Waals surface area (Å²) in [5.74, 6) is 0.115. The molecule has 0 saturated heterocycles. The van der Waals surface area contributed by atoms with Crippen molar-refractivity contribution in [1.82, 2.24) is 0 Å². The molecule has 0 saturated carbocycles. The van der Waals surface area contributed by atoms with Crippen LogP contribution in [0.4, 0.5) is 5.69 Å². The molecule has 1 N–H and O–H groups in total. The lowest BCUT2D eigenvalue weighted by Gasteiger charge is -2.11. The van der Waals surface area contributed by atoms with Crippen molar-refractivity contribution < 1.29 is 9.53 Å². The summed E-state index contributed by atoms with van der Waals surface area (Å²) in [6.07, 6.45) is 0. The third-order valence-electron chi connectivity index (χ3n) is 2.76. The van der Waals surface area contributed by atoms with Crippen molar-refractivity contribution in [3.63, 3.8) is 0 Å². The van der Waals surface area contributed by atoms with Gasteiger partial charge in [-0.3, -0.25) is 4.79 Å². The van der Waals surface area contributed by atoms with E-state index in [0.29, 0.717) is 22.6 Å². The maximum atomic E-state index is 12.4. The number of carbonyl (C=O) groups excluding carboxylic acids is 1. The van der Waals surface area contributed by atoms with Gasteiger partial charge in [0, 0.05) is 8.95 Å². The molecule has 4 nitrogen and oxygen atoms in total. The van der Waals surface area contributed by atoms with Crippen LogP contribution in [0.2, 0.25) is 0 Å². The SMILES string of the molecule is COc1cc(Br)ccc1C(=O)Nc1cc(Br)ccc1C#N. The second kappa shape index (κ2) is 6.74. The second-order valence-electron chi connectivity index (χ2n) is 4.10. The standard InChI is InChI=1S/C15H10Br2N2O2/c1-21-14-7-11(17)4-5-12(14)15(20)19-13-6-10(16)3-2-9(13)8-18/h2-7H,1H3,(H,19,20). The molecule has 2 aromatic rings. The first-order valence-corrected chi connectivity index (χ1v) is 7.48. The van der Waals surface area contributed by atoms with Crippen molar-refractivity contribution in [3.05, 3.63) is 56.5 Å². The van der Waals surface area contributed by atoms with Crippen LogP contribution in [0.5, 0.6) is 5.75 Å². The Labute approximate surface area is 139 Å². The summed E-state index contributed by atoms with van der Waals surface area (Å²) in [4.78, 5) is 12.4. The molecule has 6 heteroatoms. The van der Waals surface area contributed by atoms with Crippen LogP contribution in [0.1, 0.15) is 15.9 Å². The largest absolute Gasteiger partial charge is 0.496 e. The number of anilines is 1. The lowest BCUT2D eigenvalue weighted by molar-refractivity contribution is 0.102. The minimum atomic E-state index is -0.339. The summed E-state index contributed by atoms with van der Waals surface area (Å²) in [5.41, 5.74) is 1.23. The summed E-state index contributed by atoms with van der Waals surface area (Å²) in [5, 5.41) is 11.8. The second-order valence-corrected chi connectivity index (χ2v) is 5.93. The number of methoxy groups -OCH3 is 1. The predicted molar refractivity (Wildman–Crippen MR) is 87.5 cm³/mol. The summed E-state index contributed by atoms with van der Waals surface area (Å²) in [6, 6.07) is 12.2. The van der Waals surface area contributed by atoms with Crippen molar-refractivity contribution in [1.29, 1.82) is 5.26 Å². The molecule has 0 aromatic heterocycles. The molecular formula is C15H10Br2N2O2. The monoisotopic (exact) mass is 408 g/mol. The van der Waals surface area contributed by atoms with Gasteiger partial charge in [-0.1, -0.05) is 31.9 Å². The van der Waals surface area contributed by atoms with E-state index in [1.165, 1.54) is 7.11 Å². The number of carbonyl (C=O) groups is 1. The van der Waals surface area contributed by atoms with E-state index < -0.39 is 0 Å². The van der Waals surface area contributed by atoms with Gasteiger partial charge in [-0.15, -0.1) is 0 Å². The Bertz CT molecular complexity index is 739. The fourth-order valence-electron chi connectivity index (χ4n) is 1.76. The highest BCUT2D eigenvalue weighted by molar-refractivity contribution is 9.10. The molecule has 21 heavy (non-hydrogen) atoms. The average Bonchev–Trinajstić information content (AvgIpc) is 2.47. The minimum absolute atomic E-state index is 0.339. The van der Waals surface area contributed by atoms with E-state index in [1.807, 2.05) is 6.07 Å². The molecule has 2 aromatic carbocycles. The lowest BCUT2D eigenvalue weighted by Crippen LogP contribution is -2.14. The number of nitriles is 1. The van der Waals surface area contributed by atoms with E-state index in [-0.39, 0.29) is 5.91 Å². The van der Waals surface area contributed by atoms with E-state index in [2.05, 4.69) is 37.2 Å². The topological polar surface area (TPSA) is 62.1 Å². The number of amides is 1. The first-order valence-electron chi connectivity index (χ1n) is 5.89. The van der Waals surface area contributed by atoms with E-state index in [1.54, 1.807) is 36.4 Å². The van der Waals surface area contributed by atoms with E-state index in [4.69, 9.17) is 10.00 Å². The van der Waals surface area contributed by atoms with Gasteiger partial charge in [0.15, 0.2) is 0 Å². The van der Waals surface area contributed by atoms with Crippen molar-refractivity contribution >= 4 is 43.5 Å². The zero-order valence-electron chi connectivity index (χ0n) is 11.0. The molecule has 106 valence electrons. The molecule has 0 aliphatic carbocycles. The number of nitrogens with zero attached hydrogens (tertiary/aromatic N) is 1. The minimum Gasteiger partial charge on any atom is -0.496 e. The molecule has 0 bridgehead atoms. The van der Waals surface area contributed by atoms with Gasteiger partial charge in [-0.2, -0.15) is 5.26 Å². The summed E-state index contributed by atoms with van der Waals surface area (Å²) >= 11 is 6.64. The van der Waals surface area contributed by atoms with Crippen molar-refractivity contribution in [2.75, 3.05) is 12.4 Å². The zero-order chi connectivity index (χ0) is 15.4. The van der Waals surface area contributed by atoms with Crippen LogP contribution >= 0.6 is 31.9 Å². The van der Waals surface area contributed by atoms with Crippen molar-refractivity contribution in [3.8, 4) is 11.8 Å². The molecular weight excluding hydrogens is 400 g/mol. The Balaban J connectivity index is 2.35. The number of hydrogen-bond acceptors (Lipinski definition) is 3. The molecule has 0 unspecified atom stereocenters. The summed E-state index contributed by atoms with van der Waals surface area (Å²) < 4.78 is 6.79. The van der Waals surface area contributed by atoms with Gasteiger partial charge in [-0.25, -0.2) is 0 Å². The molecule has 0 fully saturated rings. The Morgan fingerprint density at radius 2 is 1.86 bits per heavy atom. The number of ether oxygens (including phenoxy) is 1. The van der Waals surface area contributed by atoms with Gasteiger partial charge in [0.25, 0.3) is 5.91 Å². The van der Waals surface area contributed by atoms with Crippen molar-refractivity contribution in [2.45, 2.75) is 0 Å². The van der Waals surface area contributed by atoms with Crippen LogP contribution < -0.4 is 10.1 Å². The average molecular weight is 410 g/mol. The Morgan fingerprint density at radius 3 is 2.52 bits per heavy atom. The Morgan fingerprint density at radius 1 is 1.19 bits per heavy atom. The molecule has 0 aliphatic heterocycles. The quantitative estimate of drug-likeness (QED) is 0.819. The lowest BCUT2D eigenvalue weighted by atomic mass is 10.1. The van der Waals surface area contributed by atoms with Crippen LogP contribution in [-0.4, -0.2) is 13.0 Å². The number of hydrogen-bond donors (Lipinski definition) is 1. The molecule has 1 amide bonds. The number of halogens is 2. The summed E-state index contributed by atoms with van der Waals surface area (Å²) in [6.45, 7) is 0. The van der Waals surface area contributed by atoms with Crippen molar-refractivity contribution in [2.24, 2.45) is 0 Å². The van der Waals surface area contributed by atoms with Gasteiger partial charge in [-0.05, 0) is 36.4 Å². The van der Waals surface area contributed by atoms with Gasteiger partial charge in [0.2, 0.25) is 0 Å². The highest BCUT2D eigenvalue weighted by atomic mass is 79.9. The highest BCUT2D eigenvalue weighted by Gasteiger charge is 2.14. The Kier molecular flexibility index (Phi) is 4.99. The third-order valence-corrected chi connectivity index (χ3v) is 3.74. The molecule has 0 heterocycles. The highest BCUT2D eigenvalue weighted by Crippen LogP contribution is 2.26. The maximum absolute atomic E-state index is 12.4. The molecule has 2 rings (SSSR count). The van der Waals surface area contributed by atoms with Gasteiger partial charge in [0.05, 0.1) is 23.9 Å². The third kappa shape index (κ3) is 3.63. The number of rotatable bonds is 3. The number of benzene rings is 2. The van der Waals surface area contributed by atoms with E-state index >= 15 is 0 Å². The molecule has 0 radical (unpaired) electrons. The van der Waals surface area contributed by atoms with Crippen LogP contribution in [-0.2, 0) is 0 Å². The fraction of sp³-hybridized carbons (Fsp3) is 0.0667. The maximum Gasteiger partial charge on any atom is 0.259 e. The molecule has 0 aliphatic rings. The number of nitrogens with one attached hydrogen (secondary N) is 1. The first-order chi connectivity index (χ1) is 10.0. The van der Waals surface area contributed by atoms with Crippen LogP contribution in [0.25, 0.3) is 0 Å². The Hall–Kier alpha value is -1.84. The van der Waals surface area contributed by atoms with Gasteiger partial charge >= 0.3 is 0 Å². The molecule has 0 atom stereocenters. The van der Waals surface area contributed by atoms with Crippen LogP contribution in [0.3, 0.4) is 0 Å².